The third-order valence-electron chi connectivity index (χ3n) is 2.99. The molecule has 1 aliphatic heterocycles. The fourth-order valence-corrected chi connectivity index (χ4v) is 2.04. The number of hydrogen-bond donors (Lipinski definition) is 2. The van der Waals surface area contributed by atoms with Crippen LogP contribution in [0.4, 0.5) is 0 Å². The molecule has 0 radical (unpaired) electrons. The molecule has 0 amide bonds. The molecule has 1 aromatic carbocycles. The zero-order chi connectivity index (χ0) is 11.2. The van der Waals surface area contributed by atoms with E-state index in [1.165, 1.54) is 18.4 Å². The highest BCUT2D eigenvalue weighted by Gasteiger charge is 2.11. The van der Waals surface area contributed by atoms with Gasteiger partial charge in [0.05, 0.1) is 11.6 Å². The molecule has 1 fully saturated rings. The monoisotopic (exact) mass is 215 g/mol. The molecule has 84 valence electrons. The third kappa shape index (κ3) is 3.06. The van der Waals surface area contributed by atoms with E-state index in [2.05, 4.69) is 22.8 Å². The molecule has 0 aromatic heterocycles. The van der Waals surface area contributed by atoms with Gasteiger partial charge in [-0.05, 0) is 43.6 Å². The van der Waals surface area contributed by atoms with E-state index in [4.69, 9.17) is 5.26 Å². The molecule has 0 unspecified atom stereocenters. The number of hydrogen-bond acceptors (Lipinski definition) is 3. The number of nitriles is 1. The van der Waals surface area contributed by atoms with Gasteiger partial charge in [-0.2, -0.15) is 5.26 Å². The summed E-state index contributed by atoms with van der Waals surface area (Å²) in [5.41, 5.74) is 1.93. The van der Waals surface area contributed by atoms with Gasteiger partial charge in [-0.15, -0.1) is 0 Å². The first kappa shape index (κ1) is 11.1. The minimum atomic E-state index is 0.618. The van der Waals surface area contributed by atoms with Gasteiger partial charge in [0.1, 0.15) is 0 Å². The molecule has 0 atom stereocenters. The van der Waals surface area contributed by atoms with Gasteiger partial charge in [-0.1, -0.05) is 12.1 Å². The summed E-state index contributed by atoms with van der Waals surface area (Å²) in [7, 11) is 0. The Morgan fingerprint density at radius 2 is 2.19 bits per heavy atom. The zero-order valence-corrected chi connectivity index (χ0v) is 9.37. The van der Waals surface area contributed by atoms with Crippen molar-refractivity contribution in [2.24, 2.45) is 0 Å². The second-order valence-electron chi connectivity index (χ2n) is 4.22. The van der Waals surface area contributed by atoms with Crippen LogP contribution in [0.25, 0.3) is 0 Å². The van der Waals surface area contributed by atoms with Crippen LogP contribution >= 0.6 is 0 Å². The van der Waals surface area contributed by atoms with E-state index in [9.17, 15) is 0 Å². The van der Waals surface area contributed by atoms with E-state index in [0.29, 0.717) is 6.04 Å². The Bertz CT molecular complexity index is 375. The van der Waals surface area contributed by atoms with E-state index >= 15 is 0 Å². The van der Waals surface area contributed by atoms with Crippen LogP contribution in [-0.4, -0.2) is 19.1 Å². The zero-order valence-electron chi connectivity index (χ0n) is 9.37. The van der Waals surface area contributed by atoms with Crippen molar-refractivity contribution in [1.82, 2.24) is 10.6 Å². The predicted octanol–water partition coefficient (Wildman–Crippen LogP) is 1.40. The smallest absolute Gasteiger partial charge is 0.0991 e. The van der Waals surface area contributed by atoms with Crippen molar-refractivity contribution < 1.29 is 0 Å². The molecule has 0 saturated carbocycles. The second-order valence-corrected chi connectivity index (χ2v) is 4.22. The fraction of sp³-hybridized carbons (Fsp3) is 0.462. The van der Waals surface area contributed by atoms with Crippen molar-refractivity contribution in [3.63, 3.8) is 0 Å². The maximum Gasteiger partial charge on any atom is 0.0991 e. The third-order valence-corrected chi connectivity index (χ3v) is 2.99. The van der Waals surface area contributed by atoms with E-state index < -0.39 is 0 Å². The normalized spacial score (nSPS) is 16.9. The Hall–Kier alpha value is -1.37. The van der Waals surface area contributed by atoms with Crippen LogP contribution in [0.1, 0.15) is 24.0 Å². The van der Waals surface area contributed by atoms with Crippen LogP contribution < -0.4 is 10.6 Å². The summed E-state index contributed by atoms with van der Waals surface area (Å²) in [4.78, 5) is 0. The van der Waals surface area contributed by atoms with Crippen LogP contribution in [-0.2, 0) is 6.54 Å². The summed E-state index contributed by atoms with van der Waals surface area (Å²) in [6.07, 6.45) is 2.38. The lowest BCUT2D eigenvalue weighted by atomic mass is 10.1. The lowest BCUT2D eigenvalue weighted by molar-refractivity contribution is 0.386. The molecule has 16 heavy (non-hydrogen) atoms. The SMILES string of the molecule is N#Cc1cccc(CNC2CCNCC2)c1. The van der Waals surface area contributed by atoms with Crippen molar-refractivity contribution in [3.05, 3.63) is 35.4 Å². The van der Waals surface area contributed by atoms with Crippen LogP contribution in [0.15, 0.2) is 24.3 Å². The maximum absolute atomic E-state index is 8.80. The number of rotatable bonds is 3. The van der Waals surface area contributed by atoms with Gasteiger partial charge in [-0.3, -0.25) is 0 Å². The minimum Gasteiger partial charge on any atom is -0.317 e. The fourth-order valence-electron chi connectivity index (χ4n) is 2.04. The molecule has 0 spiro atoms. The van der Waals surface area contributed by atoms with Crippen LogP contribution in [0.3, 0.4) is 0 Å². The summed E-state index contributed by atoms with van der Waals surface area (Å²) in [5.74, 6) is 0. The second kappa shape index (κ2) is 5.64. The number of nitrogens with zero attached hydrogens (tertiary/aromatic N) is 1. The van der Waals surface area contributed by atoms with Crippen molar-refractivity contribution in [1.29, 1.82) is 5.26 Å². The first-order valence-electron chi connectivity index (χ1n) is 5.81. The molecule has 2 N–H and O–H groups in total. The largest absolute Gasteiger partial charge is 0.317 e. The average molecular weight is 215 g/mol. The maximum atomic E-state index is 8.80. The standard InChI is InChI=1S/C13H17N3/c14-9-11-2-1-3-12(8-11)10-16-13-4-6-15-7-5-13/h1-3,8,13,15-16H,4-7,10H2. The van der Waals surface area contributed by atoms with Gasteiger partial charge in [-0.25, -0.2) is 0 Å². The Morgan fingerprint density at radius 3 is 2.94 bits per heavy atom. The molecule has 2 rings (SSSR count). The molecule has 0 bridgehead atoms. The topological polar surface area (TPSA) is 47.9 Å². The van der Waals surface area contributed by atoms with Crippen LogP contribution in [0.2, 0.25) is 0 Å². The first-order valence-corrected chi connectivity index (χ1v) is 5.81. The Labute approximate surface area is 96.5 Å². The van der Waals surface area contributed by atoms with Gasteiger partial charge >= 0.3 is 0 Å². The molecule has 1 aromatic rings. The highest BCUT2D eigenvalue weighted by molar-refractivity contribution is 5.32. The average Bonchev–Trinajstić information content (AvgIpc) is 2.38. The predicted molar refractivity (Wildman–Crippen MR) is 63.9 cm³/mol. The van der Waals surface area contributed by atoms with Crippen molar-refractivity contribution >= 4 is 0 Å². The lowest BCUT2D eigenvalue weighted by Crippen LogP contribution is -2.39. The molecule has 1 aliphatic rings. The molecule has 3 heteroatoms. The van der Waals surface area contributed by atoms with Gasteiger partial charge < -0.3 is 10.6 Å². The lowest BCUT2D eigenvalue weighted by Gasteiger charge is -2.23. The van der Waals surface area contributed by atoms with E-state index in [1.807, 2.05) is 18.2 Å². The molecule has 1 heterocycles. The summed E-state index contributed by atoms with van der Waals surface area (Å²) in [5, 5.41) is 15.7. The number of benzene rings is 1. The van der Waals surface area contributed by atoms with Gasteiger partial charge in [0, 0.05) is 12.6 Å². The molecule has 3 nitrogen and oxygen atoms in total. The molecule has 1 saturated heterocycles. The Balaban J connectivity index is 1.86. The summed E-state index contributed by atoms with van der Waals surface area (Å²) in [6.45, 7) is 3.08. The first-order chi connectivity index (χ1) is 7.88. The summed E-state index contributed by atoms with van der Waals surface area (Å²) >= 11 is 0. The minimum absolute atomic E-state index is 0.618. The van der Waals surface area contributed by atoms with E-state index in [-0.39, 0.29) is 0 Å². The highest BCUT2D eigenvalue weighted by Crippen LogP contribution is 2.07. The van der Waals surface area contributed by atoms with Crippen LogP contribution in [0.5, 0.6) is 0 Å². The van der Waals surface area contributed by atoms with Crippen molar-refractivity contribution in [2.75, 3.05) is 13.1 Å². The molecular formula is C13H17N3. The quantitative estimate of drug-likeness (QED) is 0.801. The highest BCUT2D eigenvalue weighted by atomic mass is 15.0. The number of nitrogens with one attached hydrogen (secondary N) is 2. The van der Waals surface area contributed by atoms with Gasteiger partial charge in [0.15, 0.2) is 0 Å². The summed E-state index contributed by atoms with van der Waals surface area (Å²) in [6, 6.07) is 10.6. The van der Waals surface area contributed by atoms with Crippen molar-refractivity contribution in [3.8, 4) is 6.07 Å². The Kier molecular flexibility index (Phi) is 3.92. The Morgan fingerprint density at radius 1 is 1.38 bits per heavy atom. The number of piperidine rings is 1. The molecule has 0 aliphatic carbocycles. The van der Waals surface area contributed by atoms with Gasteiger partial charge in [0.2, 0.25) is 0 Å². The van der Waals surface area contributed by atoms with E-state index in [1.54, 1.807) is 0 Å². The van der Waals surface area contributed by atoms with E-state index in [0.717, 1.165) is 25.2 Å². The van der Waals surface area contributed by atoms with Crippen molar-refractivity contribution in [2.45, 2.75) is 25.4 Å². The van der Waals surface area contributed by atoms with Gasteiger partial charge in [0.25, 0.3) is 0 Å². The molecular weight excluding hydrogens is 198 g/mol. The van der Waals surface area contributed by atoms with Crippen LogP contribution in [0, 0.1) is 11.3 Å². The summed E-state index contributed by atoms with van der Waals surface area (Å²) < 4.78 is 0.